The molecule has 2 aliphatic rings. The molecular formula is C21H20FN5OS. The number of rotatable bonds is 4. The van der Waals surface area contributed by atoms with Gasteiger partial charge in [0, 0.05) is 11.4 Å². The highest BCUT2D eigenvalue weighted by Crippen LogP contribution is 2.31. The van der Waals surface area contributed by atoms with Crippen LogP contribution in [0.1, 0.15) is 36.7 Å². The summed E-state index contributed by atoms with van der Waals surface area (Å²) < 4.78 is 16.1. The molecule has 2 aliphatic heterocycles. The van der Waals surface area contributed by atoms with Gasteiger partial charge in [-0.3, -0.25) is 10.2 Å². The van der Waals surface area contributed by atoms with E-state index in [0.29, 0.717) is 10.9 Å². The Morgan fingerprint density at radius 2 is 2.03 bits per heavy atom. The average molecular weight is 409 g/mol. The van der Waals surface area contributed by atoms with Gasteiger partial charge in [0.1, 0.15) is 10.9 Å². The highest BCUT2D eigenvalue weighted by atomic mass is 32.2. The Kier molecular flexibility index (Phi) is 4.96. The minimum absolute atomic E-state index is 0.00861. The predicted octanol–water partition coefficient (Wildman–Crippen LogP) is 4.65. The Balaban J connectivity index is 1.74. The van der Waals surface area contributed by atoms with Crippen molar-refractivity contribution in [2.75, 3.05) is 0 Å². The van der Waals surface area contributed by atoms with Crippen molar-refractivity contribution in [1.82, 2.24) is 9.58 Å². The summed E-state index contributed by atoms with van der Waals surface area (Å²) in [6.07, 6.45) is 3.35. The van der Waals surface area contributed by atoms with Crippen LogP contribution in [-0.4, -0.2) is 31.5 Å². The third-order valence-corrected chi connectivity index (χ3v) is 5.79. The topological polar surface area (TPSA) is 73.8 Å². The Morgan fingerprint density at radius 1 is 1.28 bits per heavy atom. The Bertz CT molecular complexity index is 1130. The maximum absolute atomic E-state index is 14.3. The van der Waals surface area contributed by atoms with Gasteiger partial charge in [-0.15, -0.1) is 0 Å². The molecular weight excluding hydrogens is 389 g/mol. The van der Waals surface area contributed by atoms with Gasteiger partial charge in [0.05, 0.1) is 11.3 Å². The second-order valence-electron chi connectivity index (χ2n) is 6.88. The lowest BCUT2D eigenvalue weighted by Gasteiger charge is -2.20. The number of nitrogens with zero attached hydrogens (tertiary/aromatic N) is 4. The van der Waals surface area contributed by atoms with Crippen molar-refractivity contribution in [1.29, 1.82) is 5.41 Å². The molecule has 8 heteroatoms. The van der Waals surface area contributed by atoms with Crippen LogP contribution in [0, 0.1) is 25.1 Å². The van der Waals surface area contributed by atoms with Gasteiger partial charge < -0.3 is 4.57 Å². The van der Waals surface area contributed by atoms with Gasteiger partial charge in [0.15, 0.2) is 5.84 Å². The normalized spacial score (nSPS) is 17.7. The van der Waals surface area contributed by atoms with E-state index in [0.717, 1.165) is 34.8 Å². The number of aromatic nitrogens is 1. The van der Waals surface area contributed by atoms with Crippen molar-refractivity contribution < 1.29 is 9.18 Å². The van der Waals surface area contributed by atoms with Gasteiger partial charge in [-0.2, -0.15) is 15.1 Å². The van der Waals surface area contributed by atoms with E-state index in [-0.39, 0.29) is 17.2 Å². The molecule has 4 rings (SSSR count). The highest BCUT2D eigenvalue weighted by molar-refractivity contribution is 8.26. The number of hydrazone groups is 1. The first kappa shape index (κ1) is 19.3. The summed E-state index contributed by atoms with van der Waals surface area (Å²) in [7, 11) is 0. The van der Waals surface area contributed by atoms with Crippen LogP contribution in [0.4, 0.5) is 4.39 Å². The molecule has 0 bridgehead atoms. The van der Waals surface area contributed by atoms with E-state index in [2.05, 4.69) is 17.0 Å². The van der Waals surface area contributed by atoms with Gasteiger partial charge in [-0.25, -0.2) is 4.39 Å². The fraction of sp³-hybridized carbons (Fsp3) is 0.238. The molecule has 0 atom stereocenters. The predicted molar refractivity (Wildman–Crippen MR) is 115 cm³/mol. The Labute approximate surface area is 172 Å². The molecule has 0 fully saturated rings. The molecule has 0 radical (unpaired) electrons. The number of benzene rings is 1. The van der Waals surface area contributed by atoms with E-state index in [1.807, 2.05) is 19.9 Å². The van der Waals surface area contributed by atoms with Crippen molar-refractivity contribution in [3.8, 4) is 5.69 Å². The van der Waals surface area contributed by atoms with E-state index < -0.39 is 5.91 Å². The summed E-state index contributed by atoms with van der Waals surface area (Å²) in [6, 6.07) is 8.43. The summed E-state index contributed by atoms with van der Waals surface area (Å²) in [4.78, 5) is 16.7. The number of aryl methyl sites for hydroxylation is 1. The molecule has 6 nitrogen and oxygen atoms in total. The lowest BCUT2D eigenvalue weighted by atomic mass is 10.1. The number of amidine groups is 2. The first-order valence-electron chi connectivity index (χ1n) is 9.33. The molecule has 0 unspecified atom stereocenters. The van der Waals surface area contributed by atoms with Crippen LogP contribution in [-0.2, 0) is 4.79 Å². The summed E-state index contributed by atoms with van der Waals surface area (Å²) in [5, 5.41) is 15.6. The maximum atomic E-state index is 14.3. The number of thioether (sulfide) groups is 1. The van der Waals surface area contributed by atoms with Crippen molar-refractivity contribution in [2.24, 2.45) is 10.1 Å². The molecule has 2 aromatic rings. The molecule has 0 saturated carbocycles. The number of nitrogens with one attached hydrogen (secondary N) is 1. The number of carbonyl (C=O) groups excluding carboxylic acids is 1. The quantitative estimate of drug-likeness (QED) is 0.747. The van der Waals surface area contributed by atoms with Gasteiger partial charge in [-0.1, -0.05) is 19.1 Å². The monoisotopic (exact) mass is 409 g/mol. The second kappa shape index (κ2) is 7.44. The first-order chi connectivity index (χ1) is 13.9. The minimum Gasteiger partial charge on any atom is -0.315 e. The number of hydrogen-bond acceptors (Lipinski definition) is 4. The third-order valence-electron chi connectivity index (χ3n) is 4.82. The van der Waals surface area contributed by atoms with E-state index in [1.165, 1.54) is 22.8 Å². The zero-order valence-electron chi connectivity index (χ0n) is 16.4. The SMILES string of the molecule is CCCC1=NN2C(=N)C(=Cc3cc(C)n(-c4ccccc4F)c3C)C(=O)N=C2S1. The van der Waals surface area contributed by atoms with Crippen LogP contribution >= 0.6 is 11.8 Å². The minimum atomic E-state index is -0.461. The fourth-order valence-corrected chi connectivity index (χ4v) is 4.43. The number of aliphatic imine (C=N–C) groups is 1. The van der Waals surface area contributed by atoms with Gasteiger partial charge in [0.25, 0.3) is 5.91 Å². The molecule has 148 valence electrons. The van der Waals surface area contributed by atoms with Gasteiger partial charge in [0.2, 0.25) is 5.17 Å². The van der Waals surface area contributed by atoms with Crippen molar-refractivity contribution >= 4 is 39.8 Å². The maximum Gasteiger partial charge on any atom is 0.283 e. The average Bonchev–Trinajstić information content (AvgIpc) is 3.20. The molecule has 29 heavy (non-hydrogen) atoms. The van der Waals surface area contributed by atoms with Crippen LogP contribution < -0.4 is 0 Å². The molecule has 1 aromatic heterocycles. The van der Waals surface area contributed by atoms with Gasteiger partial charge >= 0.3 is 0 Å². The Hall–Kier alpha value is -3.00. The van der Waals surface area contributed by atoms with Crippen molar-refractivity contribution in [3.05, 3.63) is 58.7 Å². The summed E-state index contributed by atoms with van der Waals surface area (Å²) in [5.74, 6) is -0.775. The molecule has 0 aliphatic carbocycles. The summed E-state index contributed by atoms with van der Waals surface area (Å²) in [5.41, 5.74) is 2.97. The van der Waals surface area contributed by atoms with Gasteiger partial charge in [-0.05, 0) is 68.3 Å². The molecule has 0 spiro atoms. The number of fused-ring (bicyclic) bond motifs is 1. The molecule has 3 heterocycles. The third kappa shape index (κ3) is 3.33. The van der Waals surface area contributed by atoms with Crippen LogP contribution in [0.25, 0.3) is 11.8 Å². The largest absolute Gasteiger partial charge is 0.315 e. The van der Waals surface area contributed by atoms with Crippen molar-refractivity contribution in [3.63, 3.8) is 0 Å². The molecule has 1 aromatic carbocycles. The zero-order chi connectivity index (χ0) is 20.7. The number of halogens is 1. The number of para-hydroxylation sites is 1. The Morgan fingerprint density at radius 3 is 2.76 bits per heavy atom. The van der Waals surface area contributed by atoms with E-state index in [9.17, 15) is 9.18 Å². The number of carbonyl (C=O) groups is 1. The van der Waals surface area contributed by atoms with Crippen LogP contribution in [0.3, 0.4) is 0 Å². The van der Waals surface area contributed by atoms with Crippen LogP contribution in [0.5, 0.6) is 0 Å². The number of hydrogen-bond donors (Lipinski definition) is 1. The highest BCUT2D eigenvalue weighted by Gasteiger charge is 2.35. The standard InChI is InChI=1S/C21H20FN5OS/c1-4-7-18-25-27-19(23)15(20(28)24-21(27)29-18)11-14-10-12(2)26(13(14)3)17-9-6-5-8-16(17)22/h5-6,8-11,23H,4,7H2,1-3H3. The molecule has 1 N–H and O–H groups in total. The fourth-order valence-electron chi connectivity index (χ4n) is 3.44. The summed E-state index contributed by atoms with van der Waals surface area (Å²) >= 11 is 1.33. The lowest BCUT2D eigenvalue weighted by molar-refractivity contribution is -0.114. The second-order valence-corrected chi connectivity index (χ2v) is 7.92. The zero-order valence-corrected chi connectivity index (χ0v) is 17.2. The first-order valence-corrected chi connectivity index (χ1v) is 10.1. The van der Waals surface area contributed by atoms with Crippen LogP contribution in [0.2, 0.25) is 0 Å². The van der Waals surface area contributed by atoms with E-state index in [1.54, 1.807) is 28.8 Å². The smallest absolute Gasteiger partial charge is 0.283 e. The van der Waals surface area contributed by atoms with Crippen molar-refractivity contribution in [2.45, 2.75) is 33.6 Å². The lowest BCUT2D eigenvalue weighted by Crippen LogP contribution is -2.35. The molecule has 1 amide bonds. The van der Waals surface area contributed by atoms with E-state index >= 15 is 0 Å². The van der Waals surface area contributed by atoms with E-state index in [4.69, 9.17) is 5.41 Å². The number of amides is 1. The summed E-state index contributed by atoms with van der Waals surface area (Å²) in [6.45, 7) is 5.79. The molecule has 0 saturated heterocycles. The van der Waals surface area contributed by atoms with Crippen LogP contribution in [0.15, 0.2) is 46.0 Å².